The predicted octanol–water partition coefficient (Wildman–Crippen LogP) is 10.4. The third-order valence-electron chi connectivity index (χ3n) is 12.9. The van der Waals surface area contributed by atoms with Crippen molar-refractivity contribution < 1.29 is 37.1 Å². The summed E-state index contributed by atoms with van der Waals surface area (Å²) in [6, 6.07) is 15.8. The number of hydrogen-bond acceptors (Lipinski definition) is 12. The molecule has 0 radical (unpaired) electrons. The predicted molar refractivity (Wildman–Crippen MR) is 268 cm³/mol. The van der Waals surface area contributed by atoms with Gasteiger partial charge in [0, 0.05) is 55.0 Å². The van der Waals surface area contributed by atoms with Crippen LogP contribution in [0.5, 0.6) is 0 Å². The van der Waals surface area contributed by atoms with Crippen LogP contribution in [0.25, 0.3) is 21.9 Å². The van der Waals surface area contributed by atoms with Crippen LogP contribution in [-0.2, 0) is 24.9 Å². The minimum absolute atomic E-state index is 0.00295. The van der Waals surface area contributed by atoms with E-state index in [1.54, 1.807) is 30.0 Å². The first-order valence-corrected chi connectivity index (χ1v) is 24.8. The van der Waals surface area contributed by atoms with Crippen molar-refractivity contribution in [2.75, 3.05) is 43.1 Å². The lowest BCUT2D eigenvalue weighted by Gasteiger charge is -2.45. The van der Waals surface area contributed by atoms with Gasteiger partial charge >= 0.3 is 0 Å². The molecular formula is C51H53ClF2N6O6S2. The summed E-state index contributed by atoms with van der Waals surface area (Å²) in [5, 5.41) is 8.98. The fourth-order valence-electron chi connectivity index (χ4n) is 9.50. The number of benzene rings is 3. The van der Waals surface area contributed by atoms with Crippen molar-refractivity contribution in [3.63, 3.8) is 0 Å². The molecule has 0 saturated carbocycles. The molecule has 356 valence electrons. The molecule has 4 aromatic rings. The quantitative estimate of drug-likeness (QED) is 0.0628. The summed E-state index contributed by atoms with van der Waals surface area (Å²) in [6.07, 6.45) is 10.0. The van der Waals surface area contributed by atoms with Crippen LogP contribution in [0, 0.1) is 0 Å². The number of rotatable bonds is 16. The highest BCUT2D eigenvalue weighted by atomic mass is 35.5. The van der Waals surface area contributed by atoms with Crippen molar-refractivity contribution >= 4 is 93.3 Å². The first-order chi connectivity index (χ1) is 32.8. The van der Waals surface area contributed by atoms with Gasteiger partial charge in [-0.05, 0) is 123 Å². The Balaban J connectivity index is 0.885. The summed E-state index contributed by atoms with van der Waals surface area (Å²) in [4.78, 5) is 58.3. The number of halogens is 3. The van der Waals surface area contributed by atoms with Gasteiger partial charge in [-0.2, -0.15) is 4.98 Å². The van der Waals surface area contributed by atoms with Crippen LogP contribution < -0.4 is 20.4 Å². The van der Waals surface area contributed by atoms with Gasteiger partial charge in [-0.3, -0.25) is 24.1 Å². The molecule has 4 aliphatic heterocycles. The number of hydrogen-bond donors (Lipinski definition) is 2. The number of allylic oxidation sites excluding steroid dienone is 8. The second-order valence-corrected chi connectivity index (χ2v) is 20.0. The minimum Gasteiger partial charge on any atom is -0.483 e. The largest absolute Gasteiger partial charge is 0.483 e. The van der Waals surface area contributed by atoms with Gasteiger partial charge in [0.05, 0.1) is 15.6 Å². The molecule has 0 spiro atoms. The van der Waals surface area contributed by atoms with E-state index in [4.69, 9.17) is 25.7 Å². The number of likely N-dealkylation sites (N-methyl/N-ethyl adjacent to an activating group) is 1. The fraction of sp³-hybridized carbons (Fsp3) is 0.353. The van der Waals surface area contributed by atoms with Gasteiger partial charge in [-0.15, -0.1) is 6.58 Å². The zero-order valence-corrected chi connectivity index (χ0v) is 40.5. The standard InChI is InChI=1S/C51H53ClF2N6O6S2/c1-5-6-10-42(48(63)55-4)60-41-15-12-34(35-8-7-9-36(45(35)41)49(60)64)32-17-21-58(22-18-32)50-57-40-27-31(11-16-43(40)66-50)30-68-59-23-19-33(28-51(59,2)3)56-46-38(53)14-13-37(52)47(65-25-24-61)44(29-62)67-26-20-39(46)54/h5,7-9,11-16,20,24,26-27,29,32-33,42,56H,1,6,10,17-19,21-23,25,28,30H2,2-4H3,(H,55,63)/b26-20-,37-13-,38-14-,46-39-,47-44+. The first-order valence-electron chi connectivity index (χ1n) is 22.6. The number of aromatic nitrogens is 1. The molecule has 0 aliphatic carbocycles. The Morgan fingerprint density at radius 3 is 2.66 bits per heavy atom. The minimum atomic E-state index is -0.889. The molecule has 2 unspecified atom stereocenters. The number of aldehydes is 2. The maximum atomic E-state index is 15.6. The maximum Gasteiger partial charge on any atom is 0.298 e. The Morgan fingerprint density at radius 2 is 1.93 bits per heavy atom. The van der Waals surface area contributed by atoms with Crippen LogP contribution in [0.3, 0.4) is 0 Å². The fourth-order valence-corrected chi connectivity index (χ4v) is 11.6. The number of carbonyl (C=O) groups excluding carboxylic acids is 4. The van der Waals surface area contributed by atoms with Gasteiger partial charge < -0.3 is 24.7 Å². The molecule has 2 amide bonds. The van der Waals surface area contributed by atoms with Crippen LogP contribution in [0.4, 0.5) is 20.5 Å². The number of amides is 2. The summed E-state index contributed by atoms with van der Waals surface area (Å²) >= 11 is 8.88. The van der Waals surface area contributed by atoms with Crippen molar-refractivity contribution in [2.24, 2.45) is 0 Å². The Kier molecular flexibility index (Phi) is 15.3. The summed E-state index contributed by atoms with van der Waals surface area (Å²) in [6.45, 7) is 9.84. The Labute approximate surface area is 407 Å². The molecule has 3 aromatic carbocycles. The van der Waals surface area contributed by atoms with Crippen molar-refractivity contribution in [1.29, 1.82) is 0 Å². The van der Waals surface area contributed by atoms with Gasteiger partial charge in [-0.25, -0.2) is 13.1 Å². The molecule has 2 atom stereocenters. The molecular weight excluding hydrogens is 930 g/mol. The number of nitrogens with one attached hydrogen (secondary N) is 2. The van der Waals surface area contributed by atoms with Crippen molar-refractivity contribution in [3.8, 4) is 0 Å². The molecule has 68 heavy (non-hydrogen) atoms. The lowest BCUT2D eigenvalue weighted by Crippen LogP contribution is -2.51. The van der Waals surface area contributed by atoms with Crippen LogP contribution in [-0.4, -0.2) is 84.6 Å². The van der Waals surface area contributed by atoms with E-state index in [1.165, 1.54) is 17.0 Å². The van der Waals surface area contributed by atoms with Crippen LogP contribution in [0.2, 0.25) is 0 Å². The van der Waals surface area contributed by atoms with Gasteiger partial charge in [0.25, 0.3) is 11.9 Å². The molecule has 17 heteroatoms. The van der Waals surface area contributed by atoms with E-state index in [-0.39, 0.29) is 57.3 Å². The lowest BCUT2D eigenvalue weighted by atomic mass is 9.85. The summed E-state index contributed by atoms with van der Waals surface area (Å²) < 4.78 is 45.1. The summed E-state index contributed by atoms with van der Waals surface area (Å²) in [7, 11) is 1.60. The molecule has 12 nitrogen and oxygen atoms in total. The second kappa shape index (κ2) is 21.3. The topological polar surface area (TPSA) is 137 Å². The van der Waals surface area contributed by atoms with E-state index in [2.05, 4.69) is 64.5 Å². The normalized spacial score (nSPS) is 23.9. The monoisotopic (exact) mass is 982 g/mol. The first kappa shape index (κ1) is 48.8. The molecule has 2 N–H and O–H groups in total. The van der Waals surface area contributed by atoms with Gasteiger partial charge in [0.15, 0.2) is 23.9 Å². The van der Waals surface area contributed by atoms with Crippen LogP contribution in [0.1, 0.15) is 79.8 Å². The van der Waals surface area contributed by atoms with E-state index < -0.39 is 17.7 Å². The molecule has 5 heterocycles. The highest BCUT2D eigenvalue weighted by Gasteiger charge is 2.39. The van der Waals surface area contributed by atoms with Crippen molar-refractivity contribution in [3.05, 3.63) is 135 Å². The lowest BCUT2D eigenvalue weighted by molar-refractivity contribution is -0.122. The molecule has 2 saturated heterocycles. The third kappa shape index (κ3) is 10.2. The van der Waals surface area contributed by atoms with Crippen LogP contribution in [0.15, 0.2) is 122 Å². The summed E-state index contributed by atoms with van der Waals surface area (Å²) in [5.41, 5.74) is 4.53. The number of piperidine rings is 2. The average molecular weight is 984 g/mol. The molecule has 8 rings (SSSR count). The zero-order chi connectivity index (χ0) is 48.1. The number of anilines is 2. The summed E-state index contributed by atoms with van der Waals surface area (Å²) in [5.74, 6) is -1.24. The van der Waals surface area contributed by atoms with E-state index in [9.17, 15) is 19.2 Å². The number of fused-ring (bicyclic) bond motifs is 1. The van der Waals surface area contributed by atoms with E-state index >= 15 is 8.78 Å². The smallest absolute Gasteiger partial charge is 0.298 e. The van der Waals surface area contributed by atoms with Crippen molar-refractivity contribution in [1.82, 2.24) is 19.9 Å². The van der Waals surface area contributed by atoms with Gasteiger partial charge in [0.2, 0.25) is 5.91 Å². The molecule has 4 aliphatic rings. The molecule has 2 fully saturated rings. The number of nitrogens with zero attached hydrogens (tertiary/aromatic N) is 4. The van der Waals surface area contributed by atoms with Gasteiger partial charge in [-0.1, -0.05) is 65.7 Å². The van der Waals surface area contributed by atoms with E-state index in [0.717, 1.165) is 77.4 Å². The number of oxazole rings is 1. The SMILES string of the molecule is C=CCCC(C(=O)NC)N1C(=O)c2cccc3c(C4CCN(c5nc6cc(CSN7CCC(NC8=C(F)/C=C\S/C(C=O)=C(OCC=O)\C(Cl)=C\C=C\8F)CC7(C)C)ccc6o5)CC4)ccc1c23. The Morgan fingerprint density at radius 1 is 1.12 bits per heavy atom. The number of carbonyl (C=O) groups is 4. The Hall–Kier alpha value is -5.68. The zero-order valence-electron chi connectivity index (χ0n) is 38.1. The van der Waals surface area contributed by atoms with E-state index in [1.807, 2.05) is 24.3 Å². The van der Waals surface area contributed by atoms with Gasteiger partial charge in [0.1, 0.15) is 35.5 Å². The number of ether oxygens (including phenoxy) is 1. The average Bonchev–Trinajstić information content (AvgIpc) is 3.89. The second-order valence-electron chi connectivity index (χ2n) is 17.6. The number of thioether (sulfide) groups is 1. The van der Waals surface area contributed by atoms with Crippen LogP contribution >= 0.6 is 35.3 Å². The molecule has 1 aromatic heterocycles. The molecule has 0 bridgehead atoms. The Bertz CT molecular complexity index is 2800. The van der Waals surface area contributed by atoms with E-state index in [0.29, 0.717) is 67.7 Å². The third-order valence-corrected chi connectivity index (χ3v) is 15.4. The van der Waals surface area contributed by atoms with Crippen molar-refractivity contribution in [2.45, 2.75) is 81.7 Å². The highest BCUT2D eigenvalue weighted by Crippen LogP contribution is 2.45. The maximum absolute atomic E-state index is 15.6. The highest BCUT2D eigenvalue weighted by molar-refractivity contribution is 8.06.